The maximum Gasteiger partial charge on any atom is 0.573 e. The number of hydrogen-bond acceptors (Lipinski definition) is 3. The molecular formula is C15H21F3N2O. The zero-order valence-electron chi connectivity index (χ0n) is 12.3. The van der Waals surface area contributed by atoms with Gasteiger partial charge < -0.3 is 10.1 Å². The van der Waals surface area contributed by atoms with Crippen LogP contribution in [0.2, 0.25) is 0 Å². The van der Waals surface area contributed by atoms with Gasteiger partial charge in [0.15, 0.2) is 0 Å². The lowest BCUT2D eigenvalue weighted by Crippen LogP contribution is -2.53. The third-order valence-corrected chi connectivity index (χ3v) is 3.63. The van der Waals surface area contributed by atoms with Gasteiger partial charge in [-0.05, 0) is 38.0 Å². The molecule has 6 heteroatoms. The Bertz CT molecular complexity index is 462. The Morgan fingerprint density at radius 2 is 2.14 bits per heavy atom. The van der Waals surface area contributed by atoms with Crippen LogP contribution in [0.1, 0.15) is 19.4 Å². The lowest BCUT2D eigenvalue weighted by Gasteiger charge is -2.36. The van der Waals surface area contributed by atoms with Gasteiger partial charge in [-0.15, -0.1) is 13.2 Å². The molecule has 2 rings (SSSR count). The fourth-order valence-corrected chi connectivity index (χ4v) is 2.61. The molecule has 0 radical (unpaired) electrons. The quantitative estimate of drug-likeness (QED) is 0.925. The zero-order chi connectivity index (χ0) is 15.5. The molecule has 1 saturated heterocycles. The topological polar surface area (TPSA) is 24.5 Å². The molecule has 1 heterocycles. The van der Waals surface area contributed by atoms with Crippen LogP contribution in [0.3, 0.4) is 0 Å². The van der Waals surface area contributed by atoms with Crippen LogP contribution in [0.5, 0.6) is 5.75 Å². The summed E-state index contributed by atoms with van der Waals surface area (Å²) in [4.78, 5) is 2.37. The second kappa shape index (κ2) is 6.66. The summed E-state index contributed by atoms with van der Waals surface area (Å²) in [5.41, 5.74) is 0.847. The maximum atomic E-state index is 12.2. The standard InChI is InChI=1S/C15H21F3N2O/c1-11(2)20-7-6-19-13(10-20)8-12-4-3-5-14(9-12)21-15(16,17)18/h3-5,9,11,13,19H,6-8,10H2,1-2H3. The lowest BCUT2D eigenvalue weighted by atomic mass is 10.0. The van der Waals surface area contributed by atoms with Crippen molar-refractivity contribution in [2.45, 2.75) is 38.7 Å². The van der Waals surface area contributed by atoms with Crippen molar-refractivity contribution in [3.8, 4) is 5.75 Å². The molecule has 0 saturated carbocycles. The Labute approximate surface area is 123 Å². The molecule has 0 aliphatic carbocycles. The molecule has 1 aromatic rings. The second-order valence-corrected chi connectivity index (χ2v) is 5.64. The van der Waals surface area contributed by atoms with Crippen LogP contribution in [0.25, 0.3) is 0 Å². The second-order valence-electron chi connectivity index (χ2n) is 5.64. The van der Waals surface area contributed by atoms with Gasteiger partial charge in [0.2, 0.25) is 0 Å². The lowest BCUT2D eigenvalue weighted by molar-refractivity contribution is -0.274. The molecule has 1 aromatic carbocycles. The van der Waals surface area contributed by atoms with Crippen LogP contribution in [0.15, 0.2) is 24.3 Å². The Morgan fingerprint density at radius 1 is 1.38 bits per heavy atom. The number of halogens is 3. The summed E-state index contributed by atoms with van der Waals surface area (Å²) in [6.07, 6.45) is -3.95. The van der Waals surface area contributed by atoms with E-state index in [0.717, 1.165) is 25.2 Å². The number of hydrogen-bond donors (Lipinski definition) is 1. The van der Waals surface area contributed by atoms with E-state index in [1.807, 2.05) is 6.07 Å². The molecule has 1 atom stereocenters. The Kier molecular flexibility index (Phi) is 5.11. The molecule has 0 spiro atoms. The van der Waals surface area contributed by atoms with Crippen molar-refractivity contribution in [1.82, 2.24) is 10.2 Å². The highest BCUT2D eigenvalue weighted by Gasteiger charge is 2.31. The number of alkyl halides is 3. The van der Waals surface area contributed by atoms with Gasteiger partial charge in [0.1, 0.15) is 5.75 Å². The molecular weight excluding hydrogens is 281 g/mol. The summed E-state index contributed by atoms with van der Waals surface area (Å²) < 4.78 is 40.7. The Morgan fingerprint density at radius 3 is 2.81 bits per heavy atom. The summed E-state index contributed by atoms with van der Waals surface area (Å²) in [5, 5.41) is 3.42. The smallest absolute Gasteiger partial charge is 0.406 e. The van der Waals surface area contributed by atoms with E-state index in [9.17, 15) is 13.2 Å². The van der Waals surface area contributed by atoms with Crippen LogP contribution < -0.4 is 10.1 Å². The molecule has 0 bridgehead atoms. The maximum absolute atomic E-state index is 12.2. The van der Waals surface area contributed by atoms with Gasteiger partial charge in [-0.1, -0.05) is 12.1 Å². The zero-order valence-corrected chi connectivity index (χ0v) is 12.3. The average Bonchev–Trinajstić information content (AvgIpc) is 2.37. The van der Waals surface area contributed by atoms with Crippen LogP contribution in [0.4, 0.5) is 13.2 Å². The van der Waals surface area contributed by atoms with Gasteiger partial charge in [0, 0.05) is 31.7 Å². The van der Waals surface area contributed by atoms with E-state index in [4.69, 9.17) is 0 Å². The molecule has 0 aromatic heterocycles. The molecule has 0 amide bonds. The third kappa shape index (κ3) is 5.21. The molecule has 21 heavy (non-hydrogen) atoms. The summed E-state index contributed by atoms with van der Waals surface area (Å²) in [7, 11) is 0. The highest BCUT2D eigenvalue weighted by atomic mass is 19.4. The number of benzene rings is 1. The van der Waals surface area contributed by atoms with Crippen LogP contribution >= 0.6 is 0 Å². The van der Waals surface area contributed by atoms with Crippen molar-refractivity contribution in [3.63, 3.8) is 0 Å². The SMILES string of the molecule is CC(C)N1CCNC(Cc2cccc(OC(F)(F)F)c2)C1. The number of ether oxygens (including phenoxy) is 1. The first-order valence-corrected chi connectivity index (χ1v) is 7.15. The first-order chi connectivity index (χ1) is 9.83. The first-order valence-electron chi connectivity index (χ1n) is 7.15. The molecule has 1 fully saturated rings. The fourth-order valence-electron chi connectivity index (χ4n) is 2.61. The minimum absolute atomic E-state index is 0.156. The summed E-state index contributed by atoms with van der Waals surface area (Å²) in [5.74, 6) is -0.156. The highest BCUT2D eigenvalue weighted by molar-refractivity contribution is 5.29. The van der Waals surface area contributed by atoms with Crippen molar-refractivity contribution in [3.05, 3.63) is 29.8 Å². The van der Waals surface area contributed by atoms with Gasteiger partial charge in [0.05, 0.1) is 0 Å². The molecule has 1 aliphatic rings. The van der Waals surface area contributed by atoms with E-state index in [1.54, 1.807) is 6.07 Å². The first kappa shape index (κ1) is 16.1. The predicted molar refractivity (Wildman–Crippen MR) is 75.3 cm³/mol. The number of piperazine rings is 1. The van der Waals surface area contributed by atoms with Gasteiger partial charge in [-0.3, -0.25) is 4.90 Å². The molecule has 118 valence electrons. The van der Waals surface area contributed by atoms with E-state index < -0.39 is 6.36 Å². The summed E-state index contributed by atoms with van der Waals surface area (Å²) in [6.45, 7) is 7.12. The number of nitrogens with zero attached hydrogens (tertiary/aromatic N) is 1. The minimum Gasteiger partial charge on any atom is -0.406 e. The van der Waals surface area contributed by atoms with Crippen LogP contribution in [0, 0.1) is 0 Å². The van der Waals surface area contributed by atoms with E-state index >= 15 is 0 Å². The van der Waals surface area contributed by atoms with E-state index in [2.05, 4.69) is 28.8 Å². The average molecular weight is 302 g/mol. The summed E-state index contributed by atoms with van der Waals surface area (Å²) >= 11 is 0. The van der Waals surface area contributed by atoms with Gasteiger partial charge in [-0.25, -0.2) is 0 Å². The largest absolute Gasteiger partial charge is 0.573 e. The van der Waals surface area contributed by atoms with E-state index in [1.165, 1.54) is 12.1 Å². The van der Waals surface area contributed by atoms with Crippen molar-refractivity contribution >= 4 is 0 Å². The molecule has 1 unspecified atom stereocenters. The predicted octanol–water partition coefficient (Wildman–Crippen LogP) is 2.81. The molecule has 3 nitrogen and oxygen atoms in total. The monoisotopic (exact) mass is 302 g/mol. The van der Waals surface area contributed by atoms with Crippen molar-refractivity contribution in [2.24, 2.45) is 0 Å². The Balaban J connectivity index is 1.98. The van der Waals surface area contributed by atoms with Crippen molar-refractivity contribution in [1.29, 1.82) is 0 Å². The minimum atomic E-state index is -4.64. The summed E-state index contributed by atoms with van der Waals surface area (Å²) in [6, 6.07) is 6.95. The Hall–Kier alpha value is -1.27. The molecule has 1 aliphatic heterocycles. The number of rotatable bonds is 4. The van der Waals surface area contributed by atoms with Crippen LogP contribution in [-0.2, 0) is 6.42 Å². The van der Waals surface area contributed by atoms with Gasteiger partial charge in [-0.2, -0.15) is 0 Å². The van der Waals surface area contributed by atoms with Crippen molar-refractivity contribution < 1.29 is 17.9 Å². The highest BCUT2D eigenvalue weighted by Crippen LogP contribution is 2.24. The van der Waals surface area contributed by atoms with Gasteiger partial charge >= 0.3 is 6.36 Å². The number of nitrogens with one attached hydrogen (secondary N) is 1. The fraction of sp³-hybridized carbons (Fsp3) is 0.600. The van der Waals surface area contributed by atoms with E-state index in [0.29, 0.717) is 12.5 Å². The van der Waals surface area contributed by atoms with Crippen molar-refractivity contribution in [2.75, 3.05) is 19.6 Å². The van der Waals surface area contributed by atoms with Crippen LogP contribution in [-0.4, -0.2) is 43.0 Å². The normalized spacial score (nSPS) is 20.8. The van der Waals surface area contributed by atoms with Gasteiger partial charge in [0.25, 0.3) is 0 Å². The molecule has 1 N–H and O–H groups in total. The third-order valence-electron chi connectivity index (χ3n) is 3.63. The van der Waals surface area contributed by atoms with E-state index in [-0.39, 0.29) is 11.8 Å².